The first-order chi connectivity index (χ1) is 8.87. The number of nitrogens with one attached hydrogen (secondary N) is 2. The van der Waals surface area contributed by atoms with E-state index in [0.29, 0.717) is 22.6 Å². The molecular formula is C12H20N4O2S. The second-order valence-corrected chi connectivity index (χ2v) is 7.83. The molecule has 2 aliphatic rings. The second-order valence-electron chi connectivity index (χ2n) is 5.88. The molecule has 0 aromatic carbocycles. The number of nitrogens with zero attached hydrogens (tertiary/aromatic N) is 2. The SMILES string of the molecule is CNc1nn2c(c1S(C)(=O)=O)NCCC2C1(C)CC1. The van der Waals surface area contributed by atoms with Crippen LogP contribution in [0, 0.1) is 5.41 Å². The van der Waals surface area contributed by atoms with Gasteiger partial charge in [-0.2, -0.15) is 5.10 Å². The molecule has 1 saturated carbocycles. The van der Waals surface area contributed by atoms with E-state index in [0.717, 1.165) is 13.0 Å². The maximum Gasteiger partial charge on any atom is 0.182 e. The van der Waals surface area contributed by atoms with E-state index in [1.165, 1.54) is 19.1 Å². The highest BCUT2D eigenvalue weighted by Gasteiger charge is 2.48. The average molecular weight is 284 g/mol. The number of fused-ring (bicyclic) bond motifs is 1. The quantitative estimate of drug-likeness (QED) is 0.879. The minimum absolute atomic E-state index is 0.280. The van der Waals surface area contributed by atoms with Crippen LogP contribution >= 0.6 is 0 Å². The molecule has 1 aromatic rings. The molecule has 106 valence electrons. The van der Waals surface area contributed by atoms with Crippen LogP contribution < -0.4 is 10.6 Å². The summed E-state index contributed by atoms with van der Waals surface area (Å²) in [6.07, 6.45) is 4.62. The largest absolute Gasteiger partial charge is 0.371 e. The maximum absolute atomic E-state index is 12.0. The second kappa shape index (κ2) is 3.88. The molecule has 0 amide bonds. The van der Waals surface area contributed by atoms with Gasteiger partial charge in [-0.1, -0.05) is 6.92 Å². The fraction of sp³-hybridized carbons (Fsp3) is 0.750. The van der Waals surface area contributed by atoms with E-state index in [1.54, 1.807) is 7.05 Å². The number of hydrogen-bond donors (Lipinski definition) is 2. The van der Waals surface area contributed by atoms with E-state index in [2.05, 4.69) is 22.7 Å². The van der Waals surface area contributed by atoms with Gasteiger partial charge in [-0.25, -0.2) is 13.1 Å². The molecule has 6 nitrogen and oxygen atoms in total. The molecule has 19 heavy (non-hydrogen) atoms. The highest BCUT2D eigenvalue weighted by atomic mass is 32.2. The fourth-order valence-corrected chi connectivity index (χ4v) is 3.96. The van der Waals surface area contributed by atoms with Gasteiger partial charge in [0, 0.05) is 19.8 Å². The Bertz CT molecular complexity index is 616. The Kier molecular flexibility index (Phi) is 2.61. The van der Waals surface area contributed by atoms with Crippen LogP contribution in [0.25, 0.3) is 0 Å². The van der Waals surface area contributed by atoms with Gasteiger partial charge in [0.15, 0.2) is 20.6 Å². The van der Waals surface area contributed by atoms with Gasteiger partial charge >= 0.3 is 0 Å². The number of sulfone groups is 1. The van der Waals surface area contributed by atoms with Crippen LogP contribution in [0.3, 0.4) is 0 Å². The number of anilines is 2. The topological polar surface area (TPSA) is 76.0 Å². The third kappa shape index (κ3) is 1.91. The van der Waals surface area contributed by atoms with Crippen LogP contribution in [-0.4, -0.2) is 38.0 Å². The first-order valence-corrected chi connectivity index (χ1v) is 8.50. The minimum atomic E-state index is -3.30. The zero-order valence-corrected chi connectivity index (χ0v) is 12.3. The standard InChI is InChI=1S/C12H20N4O2S/c1-12(5-6-12)8-4-7-14-11-9(19(3,17)18)10(13-2)15-16(8)11/h8,14H,4-7H2,1-3H3,(H,13,15). The molecule has 0 bridgehead atoms. The van der Waals surface area contributed by atoms with Gasteiger partial charge < -0.3 is 10.6 Å². The molecule has 2 heterocycles. The number of aromatic nitrogens is 2. The summed E-state index contributed by atoms with van der Waals surface area (Å²) in [5.41, 5.74) is 0.280. The van der Waals surface area contributed by atoms with Crippen LogP contribution in [-0.2, 0) is 9.84 Å². The lowest BCUT2D eigenvalue weighted by molar-refractivity contribution is 0.284. The van der Waals surface area contributed by atoms with E-state index < -0.39 is 9.84 Å². The Morgan fingerprint density at radius 1 is 1.47 bits per heavy atom. The summed E-state index contributed by atoms with van der Waals surface area (Å²) in [7, 11) is -1.60. The molecule has 1 unspecified atom stereocenters. The van der Waals surface area contributed by atoms with E-state index in [4.69, 9.17) is 0 Å². The van der Waals surface area contributed by atoms with Crippen molar-refractivity contribution in [3.05, 3.63) is 0 Å². The van der Waals surface area contributed by atoms with Gasteiger partial charge in [-0.3, -0.25) is 0 Å². The van der Waals surface area contributed by atoms with Gasteiger partial charge in [-0.15, -0.1) is 0 Å². The predicted octanol–water partition coefficient (Wildman–Crippen LogP) is 1.49. The zero-order chi connectivity index (χ0) is 13.8. The molecule has 0 spiro atoms. The molecule has 1 fully saturated rings. The number of hydrogen-bond acceptors (Lipinski definition) is 5. The van der Waals surface area contributed by atoms with Crippen molar-refractivity contribution in [1.29, 1.82) is 0 Å². The third-order valence-electron chi connectivity index (χ3n) is 4.32. The summed E-state index contributed by atoms with van der Waals surface area (Å²) in [6, 6.07) is 0.298. The molecule has 1 aliphatic heterocycles. The molecule has 1 aliphatic carbocycles. The minimum Gasteiger partial charge on any atom is -0.371 e. The van der Waals surface area contributed by atoms with Gasteiger partial charge in [0.2, 0.25) is 0 Å². The lowest BCUT2D eigenvalue weighted by atomic mass is 9.95. The van der Waals surface area contributed by atoms with Crippen LogP contribution in [0.15, 0.2) is 4.90 Å². The first kappa shape index (κ1) is 12.8. The number of rotatable bonds is 3. The van der Waals surface area contributed by atoms with E-state index in [-0.39, 0.29) is 5.41 Å². The Morgan fingerprint density at radius 2 is 2.16 bits per heavy atom. The van der Waals surface area contributed by atoms with Crippen molar-refractivity contribution in [2.45, 2.75) is 37.1 Å². The molecule has 0 saturated heterocycles. The van der Waals surface area contributed by atoms with Crippen molar-refractivity contribution in [2.75, 3.05) is 30.5 Å². The van der Waals surface area contributed by atoms with Gasteiger partial charge in [-0.05, 0) is 24.7 Å². The van der Waals surface area contributed by atoms with Crippen molar-refractivity contribution < 1.29 is 8.42 Å². The summed E-state index contributed by atoms with van der Waals surface area (Å²) in [5, 5.41) is 10.6. The highest BCUT2D eigenvalue weighted by molar-refractivity contribution is 7.91. The third-order valence-corrected chi connectivity index (χ3v) is 5.45. The van der Waals surface area contributed by atoms with Crippen molar-refractivity contribution in [3.8, 4) is 0 Å². The monoisotopic (exact) mass is 284 g/mol. The van der Waals surface area contributed by atoms with Crippen LogP contribution in [0.4, 0.5) is 11.6 Å². The summed E-state index contributed by atoms with van der Waals surface area (Å²) in [5.74, 6) is 1.09. The van der Waals surface area contributed by atoms with E-state index in [9.17, 15) is 8.42 Å². The normalized spacial score (nSPS) is 24.5. The van der Waals surface area contributed by atoms with Crippen molar-refractivity contribution in [1.82, 2.24) is 9.78 Å². The predicted molar refractivity (Wildman–Crippen MR) is 74.4 cm³/mol. The van der Waals surface area contributed by atoms with Gasteiger partial charge in [0.25, 0.3) is 0 Å². The Balaban J connectivity index is 2.17. The zero-order valence-electron chi connectivity index (χ0n) is 11.5. The smallest absolute Gasteiger partial charge is 0.182 e. The molecule has 1 atom stereocenters. The van der Waals surface area contributed by atoms with Crippen molar-refractivity contribution in [2.24, 2.45) is 5.41 Å². The van der Waals surface area contributed by atoms with Crippen molar-refractivity contribution >= 4 is 21.5 Å². The van der Waals surface area contributed by atoms with Gasteiger partial charge in [0.05, 0.1) is 6.04 Å². The Hall–Kier alpha value is -1.24. The summed E-state index contributed by atoms with van der Waals surface area (Å²) >= 11 is 0. The van der Waals surface area contributed by atoms with E-state index in [1.807, 2.05) is 4.68 Å². The molecule has 1 aromatic heterocycles. The molecule has 0 radical (unpaired) electrons. The summed E-state index contributed by atoms with van der Waals surface area (Å²) in [6.45, 7) is 3.06. The molecule has 7 heteroatoms. The maximum atomic E-state index is 12.0. The summed E-state index contributed by atoms with van der Waals surface area (Å²) < 4.78 is 25.9. The molecule has 2 N–H and O–H groups in total. The van der Waals surface area contributed by atoms with Gasteiger partial charge in [0.1, 0.15) is 5.82 Å². The summed E-state index contributed by atoms with van der Waals surface area (Å²) in [4.78, 5) is 0.295. The lowest BCUT2D eigenvalue weighted by Gasteiger charge is -2.30. The lowest BCUT2D eigenvalue weighted by Crippen LogP contribution is -2.29. The first-order valence-electron chi connectivity index (χ1n) is 6.61. The van der Waals surface area contributed by atoms with Crippen molar-refractivity contribution in [3.63, 3.8) is 0 Å². The van der Waals surface area contributed by atoms with E-state index >= 15 is 0 Å². The molecule has 3 rings (SSSR count). The Labute approximate surface area is 113 Å². The van der Waals surface area contributed by atoms with Crippen LogP contribution in [0.2, 0.25) is 0 Å². The fourth-order valence-electron chi connectivity index (χ4n) is 2.94. The molecular weight excluding hydrogens is 264 g/mol. The highest BCUT2D eigenvalue weighted by Crippen LogP contribution is 2.56. The van der Waals surface area contributed by atoms with Crippen LogP contribution in [0.1, 0.15) is 32.2 Å². The van der Waals surface area contributed by atoms with Crippen LogP contribution in [0.5, 0.6) is 0 Å². The average Bonchev–Trinajstić information content (AvgIpc) is 2.95. The Morgan fingerprint density at radius 3 is 2.68 bits per heavy atom.